The van der Waals surface area contributed by atoms with Crippen molar-refractivity contribution in [1.82, 2.24) is 0 Å². The largest absolute Gasteiger partial charge is 0.373 e. The van der Waals surface area contributed by atoms with Crippen molar-refractivity contribution in [2.75, 3.05) is 6.61 Å². The van der Waals surface area contributed by atoms with Crippen LogP contribution in [0.5, 0.6) is 0 Å². The van der Waals surface area contributed by atoms with Crippen molar-refractivity contribution in [3.8, 4) is 0 Å². The molecule has 1 rings (SSSR count). The summed E-state index contributed by atoms with van der Waals surface area (Å²) in [7, 11) is 0. The van der Waals surface area contributed by atoms with Crippen molar-refractivity contribution in [2.24, 2.45) is 5.73 Å². The van der Waals surface area contributed by atoms with Gasteiger partial charge < -0.3 is 10.5 Å². The highest BCUT2D eigenvalue weighted by atomic mass is 16.5. The summed E-state index contributed by atoms with van der Waals surface area (Å²) in [5.74, 6) is 0. The third kappa shape index (κ3) is 1.87. The van der Waals surface area contributed by atoms with E-state index in [4.69, 9.17) is 10.5 Å². The summed E-state index contributed by atoms with van der Waals surface area (Å²) in [6.45, 7) is 8.77. The first-order chi connectivity index (χ1) is 5.56. The predicted molar refractivity (Wildman–Crippen MR) is 51.0 cm³/mol. The van der Waals surface area contributed by atoms with Crippen LogP contribution < -0.4 is 5.73 Å². The number of rotatable bonds is 2. The topological polar surface area (TPSA) is 35.2 Å². The highest BCUT2D eigenvalue weighted by Crippen LogP contribution is 2.29. The Hall–Kier alpha value is -0.340. The Morgan fingerprint density at radius 3 is 2.67 bits per heavy atom. The zero-order chi connectivity index (χ0) is 9.19. The molecule has 2 unspecified atom stereocenters. The SMILES string of the molecule is C=C(C)C(N)C1(C)CCCCO1. The van der Waals surface area contributed by atoms with E-state index in [0.29, 0.717) is 0 Å². The lowest BCUT2D eigenvalue weighted by Crippen LogP contribution is -2.50. The quantitative estimate of drug-likeness (QED) is 0.640. The van der Waals surface area contributed by atoms with Gasteiger partial charge in [-0.05, 0) is 33.1 Å². The Morgan fingerprint density at radius 2 is 2.25 bits per heavy atom. The van der Waals surface area contributed by atoms with Crippen LogP contribution in [0.15, 0.2) is 12.2 Å². The number of ether oxygens (including phenoxy) is 1. The lowest BCUT2D eigenvalue weighted by Gasteiger charge is -2.39. The van der Waals surface area contributed by atoms with Crippen LogP contribution in [0.3, 0.4) is 0 Å². The average Bonchev–Trinajstić information content (AvgIpc) is 2.04. The van der Waals surface area contributed by atoms with Gasteiger partial charge in [-0.15, -0.1) is 0 Å². The first kappa shape index (κ1) is 9.75. The minimum absolute atomic E-state index is 0.0159. The van der Waals surface area contributed by atoms with Crippen molar-refractivity contribution in [2.45, 2.75) is 44.8 Å². The third-order valence-electron chi connectivity index (χ3n) is 2.69. The molecule has 2 nitrogen and oxygen atoms in total. The van der Waals surface area contributed by atoms with Gasteiger partial charge in [0.2, 0.25) is 0 Å². The molecule has 1 saturated heterocycles. The van der Waals surface area contributed by atoms with Crippen LogP contribution in [-0.2, 0) is 4.74 Å². The molecule has 0 saturated carbocycles. The van der Waals surface area contributed by atoms with E-state index < -0.39 is 0 Å². The van der Waals surface area contributed by atoms with Crippen molar-refractivity contribution >= 4 is 0 Å². The fourth-order valence-corrected chi connectivity index (χ4v) is 1.72. The van der Waals surface area contributed by atoms with E-state index in [0.717, 1.165) is 18.6 Å². The summed E-state index contributed by atoms with van der Waals surface area (Å²) < 4.78 is 5.70. The molecular formula is C10H19NO. The van der Waals surface area contributed by atoms with Gasteiger partial charge in [0.15, 0.2) is 0 Å². The summed E-state index contributed by atoms with van der Waals surface area (Å²) >= 11 is 0. The highest BCUT2D eigenvalue weighted by Gasteiger charge is 2.34. The van der Waals surface area contributed by atoms with Gasteiger partial charge >= 0.3 is 0 Å². The Morgan fingerprint density at radius 1 is 1.58 bits per heavy atom. The number of hydrogen-bond donors (Lipinski definition) is 1. The van der Waals surface area contributed by atoms with Gasteiger partial charge in [0, 0.05) is 6.61 Å². The van der Waals surface area contributed by atoms with Crippen molar-refractivity contribution < 1.29 is 4.74 Å². The molecule has 2 N–H and O–H groups in total. The van der Waals surface area contributed by atoms with Crippen molar-refractivity contribution in [3.05, 3.63) is 12.2 Å². The van der Waals surface area contributed by atoms with E-state index >= 15 is 0 Å². The van der Waals surface area contributed by atoms with Crippen LogP contribution in [0.4, 0.5) is 0 Å². The van der Waals surface area contributed by atoms with Crippen LogP contribution in [0.2, 0.25) is 0 Å². The van der Waals surface area contributed by atoms with E-state index in [2.05, 4.69) is 13.5 Å². The van der Waals surface area contributed by atoms with Gasteiger partial charge in [-0.3, -0.25) is 0 Å². The monoisotopic (exact) mass is 169 g/mol. The van der Waals surface area contributed by atoms with Crippen LogP contribution in [0.25, 0.3) is 0 Å². The number of hydrogen-bond acceptors (Lipinski definition) is 2. The Balaban J connectivity index is 2.62. The van der Waals surface area contributed by atoms with Crippen LogP contribution in [0.1, 0.15) is 33.1 Å². The van der Waals surface area contributed by atoms with Gasteiger partial charge in [-0.25, -0.2) is 0 Å². The molecule has 70 valence electrons. The maximum absolute atomic E-state index is 6.00. The van der Waals surface area contributed by atoms with Gasteiger partial charge in [0.05, 0.1) is 11.6 Å². The summed E-state index contributed by atoms with van der Waals surface area (Å²) in [6, 6.07) is -0.0159. The molecule has 2 atom stereocenters. The second kappa shape index (κ2) is 3.58. The molecule has 1 heterocycles. The van der Waals surface area contributed by atoms with Gasteiger partial charge in [0.1, 0.15) is 0 Å². The molecule has 0 aromatic heterocycles. The Labute approximate surface area is 74.8 Å². The molecule has 0 aliphatic carbocycles. The zero-order valence-corrected chi connectivity index (χ0v) is 8.10. The lowest BCUT2D eigenvalue weighted by molar-refractivity contribution is -0.0740. The zero-order valence-electron chi connectivity index (χ0n) is 8.10. The minimum Gasteiger partial charge on any atom is -0.373 e. The van der Waals surface area contributed by atoms with Crippen molar-refractivity contribution in [1.29, 1.82) is 0 Å². The van der Waals surface area contributed by atoms with E-state index in [1.165, 1.54) is 12.8 Å². The fraction of sp³-hybridized carbons (Fsp3) is 0.800. The van der Waals surface area contributed by atoms with E-state index in [-0.39, 0.29) is 11.6 Å². The van der Waals surface area contributed by atoms with Crippen LogP contribution in [0, 0.1) is 0 Å². The van der Waals surface area contributed by atoms with E-state index in [1.807, 2.05) is 6.92 Å². The summed E-state index contributed by atoms with van der Waals surface area (Å²) in [6.07, 6.45) is 3.44. The Bertz CT molecular complexity index is 171. The molecule has 2 heteroatoms. The number of nitrogens with two attached hydrogens (primary N) is 1. The third-order valence-corrected chi connectivity index (χ3v) is 2.69. The van der Waals surface area contributed by atoms with Gasteiger partial charge in [-0.2, -0.15) is 0 Å². The lowest BCUT2D eigenvalue weighted by atomic mass is 9.85. The highest BCUT2D eigenvalue weighted by molar-refractivity contribution is 5.09. The van der Waals surface area contributed by atoms with Gasteiger partial charge in [0.25, 0.3) is 0 Å². The summed E-state index contributed by atoms with van der Waals surface area (Å²) in [5.41, 5.74) is 6.85. The molecular weight excluding hydrogens is 150 g/mol. The van der Waals surface area contributed by atoms with E-state index in [1.54, 1.807) is 0 Å². The average molecular weight is 169 g/mol. The molecule has 0 spiro atoms. The standard InChI is InChI=1S/C10H19NO/c1-8(2)9(11)10(3)6-4-5-7-12-10/h9H,1,4-7,11H2,2-3H3. The first-order valence-corrected chi connectivity index (χ1v) is 4.61. The fourth-order valence-electron chi connectivity index (χ4n) is 1.72. The molecule has 1 aliphatic heterocycles. The second-order valence-electron chi connectivity index (χ2n) is 3.94. The Kier molecular flexibility index (Phi) is 2.91. The normalized spacial score (nSPS) is 32.9. The molecule has 1 fully saturated rings. The second-order valence-corrected chi connectivity index (χ2v) is 3.94. The summed E-state index contributed by atoms with van der Waals surface area (Å²) in [4.78, 5) is 0. The molecule has 0 bridgehead atoms. The maximum Gasteiger partial charge on any atom is 0.0842 e. The smallest absolute Gasteiger partial charge is 0.0842 e. The molecule has 0 amide bonds. The molecule has 1 aliphatic rings. The first-order valence-electron chi connectivity index (χ1n) is 4.61. The van der Waals surface area contributed by atoms with Crippen molar-refractivity contribution in [3.63, 3.8) is 0 Å². The molecule has 0 aromatic rings. The molecule has 0 radical (unpaired) electrons. The van der Waals surface area contributed by atoms with Crippen LogP contribution in [-0.4, -0.2) is 18.2 Å². The maximum atomic E-state index is 6.00. The van der Waals surface area contributed by atoms with Crippen LogP contribution >= 0.6 is 0 Å². The summed E-state index contributed by atoms with van der Waals surface area (Å²) in [5, 5.41) is 0. The molecule has 12 heavy (non-hydrogen) atoms. The molecule has 0 aromatic carbocycles. The van der Waals surface area contributed by atoms with Gasteiger partial charge in [-0.1, -0.05) is 12.2 Å². The minimum atomic E-state index is -0.163. The predicted octanol–water partition coefficient (Wildman–Crippen LogP) is 1.85. The van der Waals surface area contributed by atoms with E-state index in [9.17, 15) is 0 Å².